The van der Waals surface area contributed by atoms with E-state index in [1.807, 2.05) is 13.8 Å². The van der Waals surface area contributed by atoms with Gasteiger partial charge in [-0.1, -0.05) is 72.8 Å². The minimum Gasteiger partial charge on any atom is -0.350 e. The van der Waals surface area contributed by atoms with Crippen molar-refractivity contribution < 1.29 is 14.5 Å². The molecule has 2 aliphatic rings. The number of allylic oxidation sites excluding steroid dienone is 1. The molecule has 0 radical (unpaired) electrons. The summed E-state index contributed by atoms with van der Waals surface area (Å²) >= 11 is 0. The fourth-order valence-electron chi connectivity index (χ4n) is 6.99. The molecule has 0 spiro atoms. The normalized spacial score (nSPS) is 20.0. The van der Waals surface area contributed by atoms with E-state index >= 15 is 0 Å². The highest BCUT2D eigenvalue weighted by Gasteiger charge is 2.39. The molecule has 5 rings (SSSR count). The van der Waals surface area contributed by atoms with Crippen LogP contribution < -0.4 is 5.32 Å². The van der Waals surface area contributed by atoms with Crippen molar-refractivity contribution in [2.45, 2.75) is 50.5 Å². The van der Waals surface area contributed by atoms with E-state index in [1.165, 1.54) is 23.3 Å². The van der Waals surface area contributed by atoms with Gasteiger partial charge >= 0.3 is 0 Å². The van der Waals surface area contributed by atoms with Crippen LogP contribution in [0.3, 0.4) is 0 Å². The summed E-state index contributed by atoms with van der Waals surface area (Å²) in [6.07, 6.45) is 4.17. The standard InChI is InChI=1S/C35H39N5O4/c1-26-33(36-24-41)32(28-11-9-16-31(23-28)40(43)44)34(27(2)37-26)39(25-42)20-10-19-38-21-17-35(18-22-38,29-12-5-3-6-13-29)30-14-7-4-8-15-30/h3-9,11-16,23-25,32-33H,10,17-22H2,1-2H3,(H,36,41). The fraction of sp³-hybridized carbons (Fsp3) is 0.343. The number of nitro groups is 1. The second kappa shape index (κ2) is 13.8. The van der Waals surface area contributed by atoms with Crippen LogP contribution in [0.2, 0.25) is 0 Å². The maximum atomic E-state index is 12.6. The van der Waals surface area contributed by atoms with E-state index in [9.17, 15) is 19.7 Å². The maximum absolute atomic E-state index is 12.6. The predicted octanol–water partition coefficient (Wildman–Crippen LogP) is 5.43. The molecule has 3 aromatic carbocycles. The Morgan fingerprint density at radius 1 is 0.977 bits per heavy atom. The monoisotopic (exact) mass is 593 g/mol. The van der Waals surface area contributed by atoms with E-state index in [1.54, 1.807) is 17.0 Å². The van der Waals surface area contributed by atoms with Crippen molar-refractivity contribution in [3.63, 3.8) is 0 Å². The van der Waals surface area contributed by atoms with E-state index in [0.29, 0.717) is 35.6 Å². The number of amides is 2. The Bertz CT molecular complexity index is 1490. The first kappa shape index (κ1) is 30.8. The van der Waals surface area contributed by atoms with Gasteiger partial charge in [0.05, 0.1) is 28.3 Å². The van der Waals surface area contributed by atoms with Gasteiger partial charge in [0.25, 0.3) is 5.69 Å². The molecule has 0 aliphatic carbocycles. The summed E-state index contributed by atoms with van der Waals surface area (Å²) in [6.45, 7) is 6.83. The van der Waals surface area contributed by atoms with Gasteiger partial charge in [-0.25, -0.2) is 0 Å². The van der Waals surface area contributed by atoms with Gasteiger partial charge in [-0.3, -0.25) is 24.7 Å². The molecule has 1 fully saturated rings. The number of likely N-dealkylation sites (tertiary alicyclic amines) is 1. The van der Waals surface area contributed by atoms with E-state index in [4.69, 9.17) is 0 Å². The fourth-order valence-corrected chi connectivity index (χ4v) is 6.99. The summed E-state index contributed by atoms with van der Waals surface area (Å²) in [7, 11) is 0. The molecule has 2 unspecified atom stereocenters. The first-order valence-electron chi connectivity index (χ1n) is 15.1. The minimum atomic E-state index is -0.540. The molecule has 228 valence electrons. The molecule has 1 N–H and O–H groups in total. The quantitative estimate of drug-likeness (QED) is 0.171. The number of hydrogen-bond donors (Lipinski definition) is 1. The van der Waals surface area contributed by atoms with Crippen molar-refractivity contribution in [1.82, 2.24) is 15.1 Å². The molecule has 1 saturated heterocycles. The smallest absolute Gasteiger partial charge is 0.269 e. The SMILES string of the molecule is CC1=NC(C)=C(N(C=O)CCCN2CCC(c3ccccc3)(c3ccccc3)CC2)C(c2cccc([N+](=O)[O-])c2)C1NC=O. The van der Waals surface area contributed by atoms with Gasteiger partial charge < -0.3 is 15.1 Å². The third kappa shape index (κ3) is 6.33. The summed E-state index contributed by atoms with van der Waals surface area (Å²) in [4.78, 5) is 44.1. The summed E-state index contributed by atoms with van der Waals surface area (Å²) in [5.74, 6) is -0.504. The van der Waals surface area contributed by atoms with E-state index < -0.39 is 16.9 Å². The molecule has 2 aliphatic heterocycles. The van der Waals surface area contributed by atoms with E-state index in [2.05, 4.69) is 75.9 Å². The number of piperidine rings is 1. The Labute approximate surface area is 258 Å². The first-order chi connectivity index (χ1) is 21.4. The average molecular weight is 594 g/mol. The summed E-state index contributed by atoms with van der Waals surface area (Å²) in [5.41, 5.74) is 5.24. The lowest BCUT2D eigenvalue weighted by Gasteiger charge is -2.43. The van der Waals surface area contributed by atoms with Crippen LogP contribution in [0, 0.1) is 10.1 Å². The predicted molar refractivity (Wildman–Crippen MR) is 171 cm³/mol. The van der Waals surface area contributed by atoms with Gasteiger partial charge in [0.2, 0.25) is 12.8 Å². The number of benzene rings is 3. The Morgan fingerprint density at radius 2 is 1.61 bits per heavy atom. The number of aliphatic imine (C=N–C) groups is 1. The maximum Gasteiger partial charge on any atom is 0.269 e. The van der Waals surface area contributed by atoms with Gasteiger partial charge in [-0.2, -0.15) is 0 Å². The van der Waals surface area contributed by atoms with Crippen molar-refractivity contribution in [2.24, 2.45) is 4.99 Å². The zero-order chi connectivity index (χ0) is 31.1. The van der Waals surface area contributed by atoms with Crippen molar-refractivity contribution in [2.75, 3.05) is 26.2 Å². The topological polar surface area (TPSA) is 108 Å². The number of nitrogens with one attached hydrogen (secondary N) is 1. The van der Waals surface area contributed by atoms with Crippen LogP contribution in [0.4, 0.5) is 5.69 Å². The number of nitrogens with zero attached hydrogens (tertiary/aromatic N) is 4. The summed E-state index contributed by atoms with van der Waals surface area (Å²) in [5, 5.41) is 14.4. The number of hydrogen-bond acceptors (Lipinski definition) is 6. The lowest BCUT2D eigenvalue weighted by Crippen LogP contribution is -2.46. The number of carbonyl (C=O) groups is 2. The highest BCUT2D eigenvalue weighted by atomic mass is 16.6. The van der Waals surface area contributed by atoms with Crippen LogP contribution in [0.5, 0.6) is 0 Å². The van der Waals surface area contributed by atoms with Crippen molar-refractivity contribution in [1.29, 1.82) is 0 Å². The van der Waals surface area contributed by atoms with Crippen LogP contribution in [0.25, 0.3) is 0 Å². The molecular formula is C35H39N5O4. The van der Waals surface area contributed by atoms with Crippen molar-refractivity contribution in [3.05, 3.63) is 123 Å². The Morgan fingerprint density at radius 3 is 2.18 bits per heavy atom. The summed E-state index contributed by atoms with van der Waals surface area (Å²) < 4.78 is 0. The zero-order valence-electron chi connectivity index (χ0n) is 25.3. The molecular weight excluding hydrogens is 554 g/mol. The number of nitro benzene ring substituents is 1. The van der Waals surface area contributed by atoms with Gasteiger partial charge in [-0.15, -0.1) is 0 Å². The summed E-state index contributed by atoms with van der Waals surface area (Å²) in [6, 6.07) is 27.4. The molecule has 9 nitrogen and oxygen atoms in total. The molecule has 0 aromatic heterocycles. The molecule has 2 atom stereocenters. The molecule has 0 bridgehead atoms. The molecule has 9 heteroatoms. The largest absolute Gasteiger partial charge is 0.350 e. The molecule has 2 amide bonds. The molecule has 3 aromatic rings. The lowest BCUT2D eigenvalue weighted by molar-refractivity contribution is -0.384. The van der Waals surface area contributed by atoms with E-state index in [-0.39, 0.29) is 11.1 Å². The Kier molecular flexibility index (Phi) is 9.65. The average Bonchev–Trinajstić information content (AvgIpc) is 3.06. The lowest BCUT2D eigenvalue weighted by atomic mass is 9.68. The zero-order valence-corrected chi connectivity index (χ0v) is 25.3. The number of rotatable bonds is 12. The minimum absolute atomic E-state index is 0.0279. The van der Waals surface area contributed by atoms with Crippen LogP contribution in [0.15, 0.2) is 101 Å². The number of non-ortho nitro benzene ring substituents is 1. The second-order valence-electron chi connectivity index (χ2n) is 11.6. The van der Waals surface area contributed by atoms with Gasteiger partial charge in [0.15, 0.2) is 0 Å². The number of carbonyl (C=O) groups excluding carboxylic acids is 2. The van der Waals surface area contributed by atoms with Crippen LogP contribution in [-0.4, -0.2) is 65.5 Å². The highest BCUT2D eigenvalue weighted by molar-refractivity contribution is 5.92. The Hall–Kier alpha value is -4.63. The molecule has 44 heavy (non-hydrogen) atoms. The van der Waals surface area contributed by atoms with E-state index in [0.717, 1.165) is 45.3 Å². The molecule has 2 heterocycles. The van der Waals surface area contributed by atoms with Crippen LogP contribution >= 0.6 is 0 Å². The van der Waals surface area contributed by atoms with Crippen molar-refractivity contribution >= 4 is 24.2 Å². The van der Waals surface area contributed by atoms with Crippen molar-refractivity contribution in [3.8, 4) is 0 Å². The van der Waals surface area contributed by atoms with Gasteiger partial charge in [0, 0.05) is 29.8 Å². The highest BCUT2D eigenvalue weighted by Crippen LogP contribution is 2.42. The van der Waals surface area contributed by atoms with Gasteiger partial charge in [-0.05, 0) is 69.4 Å². The third-order valence-corrected chi connectivity index (χ3v) is 9.15. The van der Waals surface area contributed by atoms with Crippen LogP contribution in [0.1, 0.15) is 55.7 Å². The Balaban J connectivity index is 1.31. The molecule has 0 saturated carbocycles. The van der Waals surface area contributed by atoms with Crippen LogP contribution in [-0.2, 0) is 15.0 Å². The van der Waals surface area contributed by atoms with Gasteiger partial charge in [0.1, 0.15) is 0 Å². The second-order valence-corrected chi connectivity index (χ2v) is 11.6. The first-order valence-corrected chi connectivity index (χ1v) is 15.1. The third-order valence-electron chi connectivity index (χ3n) is 9.15.